The molecule has 2 aromatic carbocycles. The third-order valence-electron chi connectivity index (χ3n) is 3.77. The predicted octanol–water partition coefficient (Wildman–Crippen LogP) is 3.05. The monoisotopic (exact) mass is 294 g/mol. The number of benzene rings is 2. The molecule has 1 unspecified atom stereocenters. The van der Waals surface area contributed by atoms with Crippen molar-refractivity contribution in [2.75, 3.05) is 10.2 Å². The van der Waals surface area contributed by atoms with Gasteiger partial charge in [-0.3, -0.25) is 9.59 Å². The molecule has 0 bridgehead atoms. The summed E-state index contributed by atoms with van der Waals surface area (Å²) >= 11 is 0. The van der Waals surface area contributed by atoms with Gasteiger partial charge in [0.15, 0.2) is 0 Å². The normalized spacial score (nSPS) is 17.9. The van der Waals surface area contributed by atoms with Crippen LogP contribution in [-0.2, 0) is 9.59 Å². The van der Waals surface area contributed by atoms with E-state index in [1.807, 2.05) is 56.3 Å². The van der Waals surface area contributed by atoms with Gasteiger partial charge in [0, 0.05) is 5.69 Å². The van der Waals surface area contributed by atoms with E-state index in [0.29, 0.717) is 5.69 Å². The lowest BCUT2D eigenvalue weighted by molar-refractivity contribution is -0.121. The molecule has 1 aliphatic heterocycles. The third-order valence-corrected chi connectivity index (χ3v) is 3.77. The van der Waals surface area contributed by atoms with Gasteiger partial charge in [0.25, 0.3) is 5.91 Å². The summed E-state index contributed by atoms with van der Waals surface area (Å²) in [5.74, 6) is -0.363. The first-order valence-corrected chi connectivity index (χ1v) is 7.31. The summed E-state index contributed by atoms with van der Waals surface area (Å²) in [6.07, 6.45) is 0.181. The summed E-state index contributed by atoms with van der Waals surface area (Å²) in [5.41, 5.74) is 3.63. The highest BCUT2D eigenvalue weighted by molar-refractivity contribution is 6.23. The van der Waals surface area contributed by atoms with Gasteiger partial charge in [0.2, 0.25) is 5.91 Å². The molecule has 4 nitrogen and oxygen atoms in total. The molecule has 0 aromatic heterocycles. The van der Waals surface area contributed by atoms with E-state index in [0.717, 1.165) is 16.8 Å². The van der Waals surface area contributed by atoms with Gasteiger partial charge in [0.1, 0.15) is 6.04 Å². The average Bonchev–Trinajstić information content (AvgIpc) is 2.73. The van der Waals surface area contributed by atoms with Crippen molar-refractivity contribution < 1.29 is 9.59 Å². The van der Waals surface area contributed by atoms with Gasteiger partial charge in [-0.25, -0.2) is 4.90 Å². The lowest BCUT2D eigenvalue weighted by atomic mass is 10.2. The van der Waals surface area contributed by atoms with Crippen molar-refractivity contribution in [3.63, 3.8) is 0 Å². The molecule has 4 heteroatoms. The largest absolute Gasteiger partial charge is 0.373 e. The molecule has 1 fully saturated rings. The highest BCUT2D eigenvalue weighted by Gasteiger charge is 2.39. The first kappa shape index (κ1) is 14.3. The first-order chi connectivity index (χ1) is 10.5. The van der Waals surface area contributed by atoms with Gasteiger partial charge >= 0.3 is 0 Å². The zero-order valence-corrected chi connectivity index (χ0v) is 12.7. The number of carbonyl (C=O) groups excluding carboxylic acids is 2. The standard InChI is InChI=1S/C18H18N2O2/c1-12-5-3-7-14(9-12)19-16-11-17(21)20(18(16)22)15-8-4-6-13(2)10-15/h3-10,16,19H,11H2,1-2H3. The molecule has 0 radical (unpaired) electrons. The smallest absolute Gasteiger partial charge is 0.256 e. The highest BCUT2D eigenvalue weighted by Crippen LogP contribution is 2.25. The van der Waals surface area contributed by atoms with Crippen LogP contribution < -0.4 is 10.2 Å². The minimum absolute atomic E-state index is 0.166. The van der Waals surface area contributed by atoms with Crippen LogP contribution in [0.3, 0.4) is 0 Å². The van der Waals surface area contributed by atoms with Gasteiger partial charge < -0.3 is 5.32 Å². The van der Waals surface area contributed by atoms with E-state index in [4.69, 9.17) is 0 Å². The van der Waals surface area contributed by atoms with Crippen molar-refractivity contribution in [1.82, 2.24) is 0 Å². The number of carbonyl (C=O) groups is 2. The Morgan fingerprint density at radius 2 is 1.68 bits per heavy atom. The quantitative estimate of drug-likeness (QED) is 0.885. The minimum Gasteiger partial charge on any atom is -0.373 e. The molecule has 112 valence electrons. The number of amides is 2. The zero-order valence-electron chi connectivity index (χ0n) is 12.7. The molecule has 2 amide bonds. The molecule has 1 saturated heterocycles. The van der Waals surface area contributed by atoms with Crippen LogP contribution in [0.25, 0.3) is 0 Å². The second-order valence-electron chi connectivity index (χ2n) is 5.68. The highest BCUT2D eigenvalue weighted by atomic mass is 16.2. The van der Waals surface area contributed by atoms with E-state index in [9.17, 15) is 9.59 Å². The lowest BCUT2D eigenvalue weighted by Gasteiger charge is -2.16. The van der Waals surface area contributed by atoms with Gasteiger partial charge in [-0.05, 0) is 49.2 Å². The molecular formula is C18H18N2O2. The van der Waals surface area contributed by atoms with Gasteiger partial charge in [0.05, 0.1) is 12.1 Å². The van der Waals surface area contributed by atoms with E-state index < -0.39 is 6.04 Å². The van der Waals surface area contributed by atoms with E-state index in [1.165, 1.54) is 4.90 Å². The van der Waals surface area contributed by atoms with E-state index in [-0.39, 0.29) is 18.2 Å². The van der Waals surface area contributed by atoms with Crippen LogP contribution in [0.5, 0.6) is 0 Å². The number of imide groups is 1. The predicted molar refractivity (Wildman–Crippen MR) is 86.9 cm³/mol. The third kappa shape index (κ3) is 2.72. The Hall–Kier alpha value is -2.62. The Bertz CT molecular complexity index is 739. The van der Waals surface area contributed by atoms with E-state index in [1.54, 1.807) is 6.07 Å². The molecule has 0 spiro atoms. The van der Waals surface area contributed by atoms with Crippen molar-refractivity contribution in [3.8, 4) is 0 Å². The lowest BCUT2D eigenvalue weighted by Crippen LogP contribution is -2.34. The number of nitrogens with one attached hydrogen (secondary N) is 1. The summed E-state index contributed by atoms with van der Waals surface area (Å²) < 4.78 is 0. The topological polar surface area (TPSA) is 49.4 Å². The van der Waals surface area contributed by atoms with Crippen molar-refractivity contribution in [3.05, 3.63) is 59.7 Å². The maximum atomic E-state index is 12.6. The molecule has 0 aliphatic carbocycles. The summed E-state index contributed by atoms with van der Waals surface area (Å²) in [6.45, 7) is 3.93. The van der Waals surface area contributed by atoms with Gasteiger partial charge in [-0.1, -0.05) is 24.3 Å². The molecule has 3 rings (SSSR count). The average molecular weight is 294 g/mol. The van der Waals surface area contributed by atoms with Crippen molar-refractivity contribution in [1.29, 1.82) is 0 Å². The fraction of sp³-hybridized carbons (Fsp3) is 0.222. The van der Waals surface area contributed by atoms with Crippen LogP contribution in [-0.4, -0.2) is 17.9 Å². The van der Waals surface area contributed by atoms with Crippen LogP contribution in [0.15, 0.2) is 48.5 Å². The Labute approximate surface area is 129 Å². The van der Waals surface area contributed by atoms with Crippen LogP contribution in [0.1, 0.15) is 17.5 Å². The zero-order chi connectivity index (χ0) is 15.7. The number of anilines is 2. The number of aryl methyl sites for hydroxylation is 2. The van der Waals surface area contributed by atoms with Gasteiger partial charge in [-0.2, -0.15) is 0 Å². The summed E-state index contributed by atoms with van der Waals surface area (Å²) in [7, 11) is 0. The molecule has 0 saturated carbocycles. The Balaban J connectivity index is 1.82. The van der Waals surface area contributed by atoms with Gasteiger partial charge in [-0.15, -0.1) is 0 Å². The number of hydrogen-bond donors (Lipinski definition) is 1. The molecule has 1 heterocycles. The SMILES string of the molecule is Cc1cccc(NC2CC(=O)N(c3cccc(C)c3)C2=O)c1. The van der Waals surface area contributed by atoms with Crippen molar-refractivity contribution in [2.45, 2.75) is 26.3 Å². The van der Waals surface area contributed by atoms with Crippen LogP contribution in [0, 0.1) is 13.8 Å². The fourth-order valence-electron chi connectivity index (χ4n) is 2.72. The van der Waals surface area contributed by atoms with E-state index >= 15 is 0 Å². The molecule has 1 aliphatic rings. The molecule has 22 heavy (non-hydrogen) atoms. The van der Waals surface area contributed by atoms with Crippen LogP contribution in [0.2, 0.25) is 0 Å². The Morgan fingerprint density at radius 3 is 2.36 bits per heavy atom. The number of nitrogens with zero attached hydrogens (tertiary/aromatic N) is 1. The Kier molecular flexibility index (Phi) is 3.67. The molecule has 1 N–H and O–H groups in total. The minimum atomic E-state index is -0.505. The first-order valence-electron chi connectivity index (χ1n) is 7.31. The number of hydrogen-bond acceptors (Lipinski definition) is 3. The Morgan fingerprint density at radius 1 is 1.00 bits per heavy atom. The van der Waals surface area contributed by atoms with Crippen LogP contribution >= 0.6 is 0 Å². The van der Waals surface area contributed by atoms with Crippen molar-refractivity contribution >= 4 is 23.2 Å². The number of rotatable bonds is 3. The summed E-state index contributed by atoms with van der Waals surface area (Å²) in [6, 6.07) is 14.7. The van der Waals surface area contributed by atoms with Crippen molar-refractivity contribution in [2.24, 2.45) is 0 Å². The maximum absolute atomic E-state index is 12.6. The second-order valence-corrected chi connectivity index (χ2v) is 5.68. The maximum Gasteiger partial charge on any atom is 0.256 e. The second kappa shape index (κ2) is 5.64. The fourth-order valence-corrected chi connectivity index (χ4v) is 2.72. The van der Waals surface area contributed by atoms with Crippen LogP contribution in [0.4, 0.5) is 11.4 Å². The molecule has 1 atom stereocenters. The summed E-state index contributed by atoms with van der Waals surface area (Å²) in [5, 5.41) is 3.16. The van der Waals surface area contributed by atoms with E-state index in [2.05, 4.69) is 5.32 Å². The molecule has 2 aromatic rings. The summed E-state index contributed by atoms with van der Waals surface area (Å²) in [4.78, 5) is 26.1. The molecular weight excluding hydrogens is 276 g/mol.